The number of methoxy groups -OCH3 is 1. The first-order valence-corrected chi connectivity index (χ1v) is 6.85. The van der Waals surface area contributed by atoms with Crippen LogP contribution in [0.1, 0.15) is 13.8 Å². The van der Waals surface area contributed by atoms with Gasteiger partial charge in [-0.05, 0) is 26.0 Å². The summed E-state index contributed by atoms with van der Waals surface area (Å²) in [6, 6.07) is 7.78. The number of rotatable bonds is 5. The van der Waals surface area contributed by atoms with Gasteiger partial charge in [0.25, 0.3) is 0 Å². The lowest BCUT2D eigenvalue weighted by atomic mass is 10.1. The quantitative estimate of drug-likeness (QED) is 0.878. The molecule has 1 aromatic carbocycles. The van der Waals surface area contributed by atoms with Gasteiger partial charge in [0.05, 0.1) is 7.11 Å². The topological polar surface area (TPSA) is 33.7 Å². The average molecular weight is 264 g/mol. The molecular weight excluding hydrogens is 240 g/mol. The number of benzene rings is 1. The molecule has 0 aromatic heterocycles. The summed E-state index contributed by atoms with van der Waals surface area (Å²) in [5.74, 6) is 1.69. The van der Waals surface area contributed by atoms with Crippen molar-refractivity contribution in [3.8, 4) is 11.5 Å². The van der Waals surface area contributed by atoms with Gasteiger partial charge in [-0.1, -0.05) is 6.07 Å². The van der Waals surface area contributed by atoms with E-state index in [4.69, 9.17) is 9.47 Å². The molecule has 106 valence electrons. The third-order valence-corrected chi connectivity index (χ3v) is 3.25. The first kappa shape index (κ1) is 14.2. The molecule has 0 aliphatic carbocycles. The Hall–Kier alpha value is -1.26. The van der Waals surface area contributed by atoms with E-state index in [9.17, 15) is 0 Å². The van der Waals surface area contributed by atoms with Gasteiger partial charge in [0, 0.05) is 38.8 Å². The van der Waals surface area contributed by atoms with Gasteiger partial charge in [0.15, 0.2) is 0 Å². The minimum Gasteiger partial charge on any atom is -0.497 e. The zero-order valence-electron chi connectivity index (χ0n) is 12.1. The summed E-state index contributed by atoms with van der Waals surface area (Å²) >= 11 is 0. The maximum absolute atomic E-state index is 6.10. The van der Waals surface area contributed by atoms with Crippen LogP contribution in [-0.2, 0) is 0 Å². The minimum atomic E-state index is -0.205. The van der Waals surface area contributed by atoms with Crippen LogP contribution in [0.4, 0.5) is 0 Å². The molecule has 0 atom stereocenters. The van der Waals surface area contributed by atoms with E-state index in [2.05, 4.69) is 24.1 Å². The van der Waals surface area contributed by atoms with Crippen LogP contribution in [0.25, 0.3) is 0 Å². The fourth-order valence-corrected chi connectivity index (χ4v) is 2.42. The Labute approximate surface area is 115 Å². The number of hydrogen-bond acceptors (Lipinski definition) is 4. The zero-order chi connectivity index (χ0) is 13.7. The van der Waals surface area contributed by atoms with Crippen molar-refractivity contribution in [1.82, 2.24) is 10.2 Å². The highest BCUT2D eigenvalue weighted by molar-refractivity contribution is 5.33. The maximum Gasteiger partial charge on any atom is 0.123 e. The second kappa shape index (κ2) is 6.26. The van der Waals surface area contributed by atoms with Gasteiger partial charge >= 0.3 is 0 Å². The molecule has 0 unspecified atom stereocenters. The van der Waals surface area contributed by atoms with E-state index in [1.54, 1.807) is 7.11 Å². The van der Waals surface area contributed by atoms with Crippen LogP contribution in [0, 0.1) is 0 Å². The van der Waals surface area contributed by atoms with E-state index in [-0.39, 0.29) is 5.60 Å². The van der Waals surface area contributed by atoms with Crippen LogP contribution in [0.3, 0.4) is 0 Å². The van der Waals surface area contributed by atoms with Gasteiger partial charge in [-0.2, -0.15) is 0 Å². The Bertz CT molecular complexity index is 401. The van der Waals surface area contributed by atoms with E-state index >= 15 is 0 Å². The smallest absolute Gasteiger partial charge is 0.123 e. The van der Waals surface area contributed by atoms with Crippen LogP contribution in [0.5, 0.6) is 11.5 Å². The van der Waals surface area contributed by atoms with Crippen LogP contribution in [0.15, 0.2) is 24.3 Å². The summed E-state index contributed by atoms with van der Waals surface area (Å²) in [6.45, 7) is 9.51. The highest BCUT2D eigenvalue weighted by Gasteiger charge is 2.24. The van der Waals surface area contributed by atoms with Crippen LogP contribution in [0.2, 0.25) is 0 Å². The molecule has 4 heteroatoms. The lowest BCUT2D eigenvalue weighted by Crippen LogP contribution is -2.50. The van der Waals surface area contributed by atoms with Crippen LogP contribution < -0.4 is 14.8 Å². The second-order valence-electron chi connectivity index (χ2n) is 5.57. The number of hydrogen-bond donors (Lipinski definition) is 1. The van der Waals surface area contributed by atoms with Crippen LogP contribution >= 0.6 is 0 Å². The predicted molar refractivity (Wildman–Crippen MR) is 77.0 cm³/mol. The summed E-state index contributed by atoms with van der Waals surface area (Å²) in [5, 5.41) is 3.37. The Kier molecular flexibility index (Phi) is 4.66. The third-order valence-electron chi connectivity index (χ3n) is 3.25. The molecule has 0 radical (unpaired) electrons. The van der Waals surface area contributed by atoms with Gasteiger partial charge < -0.3 is 14.8 Å². The molecule has 1 fully saturated rings. The highest BCUT2D eigenvalue weighted by atomic mass is 16.5. The van der Waals surface area contributed by atoms with Crippen molar-refractivity contribution in [2.45, 2.75) is 19.4 Å². The third kappa shape index (κ3) is 4.40. The number of ether oxygens (including phenoxy) is 2. The standard InChI is InChI=1S/C15H24N2O2/c1-15(2,12-17-9-7-16-8-10-17)19-14-6-4-5-13(11-14)18-3/h4-6,11,16H,7-10,12H2,1-3H3. The Morgan fingerprint density at radius 3 is 2.58 bits per heavy atom. The molecular formula is C15H24N2O2. The molecule has 4 nitrogen and oxygen atoms in total. The Morgan fingerprint density at radius 1 is 1.21 bits per heavy atom. The Morgan fingerprint density at radius 2 is 1.89 bits per heavy atom. The van der Waals surface area contributed by atoms with Gasteiger partial charge in [0.2, 0.25) is 0 Å². The normalized spacial score (nSPS) is 17.2. The van der Waals surface area contributed by atoms with Crippen molar-refractivity contribution in [2.75, 3.05) is 39.8 Å². The monoisotopic (exact) mass is 264 g/mol. The molecule has 1 N–H and O–H groups in total. The second-order valence-corrected chi connectivity index (χ2v) is 5.57. The van der Waals surface area contributed by atoms with Crippen molar-refractivity contribution >= 4 is 0 Å². The van der Waals surface area contributed by atoms with Crippen molar-refractivity contribution in [1.29, 1.82) is 0 Å². The summed E-state index contributed by atoms with van der Waals surface area (Å²) in [4.78, 5) is 2.44. The molecule has 1 aliphatic rings. The summed E-state index contributed by atoms with van der Waals surface area (Å²) in [6.07, 6.45) is 0. The van der Waals surface area contributed by atoms with Crippen molar-refractivity contribution in [2.24, 2.45) is 0 Å². The lowest BCUT2D eigenvalue weighted by molar-refractivity contribution is 0.0546. The molecule has 1 saturated heterocycles. The molecule has 1 heterocycles. The highest BCUT2D eigenvalue weighted by Crippen LogP contribution is 2.23. The average Bonchev–Trinajstić information content (AvgIpc) is 2.39. The molecule has 2 rings (SSSR count). The molecule has 0 amide bonds. The molecule has 19 heavy (non-hydrogen) atoms. The molecule has 0 spiro atoms. The fraction of sp³-hybridized carbons (Fsp3) is 0.600. The number of nitrogens with zero attached hydrogens (tertiary/aromatic N) is 1. The number of nitrogens with one attached hydrogen (secondary N) is 1. The van der Waals surface area contributed by atoms with Crippen LogP contribution in [-0.4, -0.2) is 50.3 Å². The lowest BCUT2D eigenvalue weighted by Gasteiger charge is -2.35. The Balaban J connectivity index is 1.94. The van der Waals surface area contributed by atoms with Gasteiger partial charge in [-0.15, -0.1) is 0 Å². The van der Waals surface area contributed by atoms with Gasteiger partial charge in [0.1, 0.15) is 17.1 Å². The predicted octanol–water partition coefficient (Wildman–Crippen LogP) is 1.76. The number of piperazine rings is 1. The molecule has 0 bridgehead atoms. The van der Waals surface area contributed by atoms with Crippen molar-refractivity contribution in [3.63, 3.8) is 0 Å². The minimum absolute atomic E-state index is 0.205. The fourth-order valence-electron chi connectivity index (χ4n) is 2.42. The van der Waals surface area contributed by atoms with E-state index in [1.165, 1.54) is 0 Å². The first-order valence-electron chi connectivity index (χ1n) is 6.85. The van der Waals surface area contributed by atoms with E-state index in [0.29, 0.717) is 0 Å². The molecule has 0 saturated carbocycles. The van der Waals surface area contributed by atoms with Crippen molar-refractivity contribution in [3.05, 3.63) is 24.3 Å². The maximum atomic E-state index is 6.10. The first-order chi connectivity index (χ1) is 9.09. The largest absolute Gasteiger partial charge is 0.497 e. The SMILES string of the molecule is COc1cccc(OC(C)(C)CN2CCNCC2)c1. The zero-order valence-corrected chi connectivity index (χ0v) is 12.1. The summed E-state index contributed by atoms with van der Waals surface area (Å²) in [7, 11) is 1.67. The summed E-state index contributed by atoms with van der Waals surface area (Å²) < 4.78 is 11.3. The van der Waals surface area contributed by atoms with E-state index in [0.717, 1.165) is 44.2 Å². The summed E-state index contributed by atoms with van der Waals surface area (Å²) in [5.41, 5.74) is -0.205. The molecule has 1 aliphatic heterocycles. The van der Waals surface area contributed by atoms with Crippen molar-refractivity contribution < 1.29 is 9.47 Å². The molecule has 1 aromatic rings. The van der Waals surface area contributed by atoms with E-state index < -0.39 is 0 Å². The van der Waals surface area contributed by atoms with Gasteiger partial charge in [-0.25, -0.2) is 0 Å². The van der Waals surface area contributed by atoms with Gasteiger partial charge in [-0.3, -0.25) is 4.90 Å². The van der Waals surface area contributed by atoms with E-state index in [1.807, 2.05) is 24.3 Å².